The summed E-state index contributed by atoms with van der Waals surface area (Å²) < 4.78 is 0. The zero-order valence-corrected chi connectivity index (χ0v) is 12.7. The number of fused-ring (bicyclic) bond motifs is 1. The fourth-order valence-corrected chi connectivity index (χ4v) is 1.70. The van der Waals surface area contributed by atoms with Crippen molar-refractivity contribution in [2.24, 2.45) is 10.7 Å². The molecule has 0 unspecified atom stereocenters. The molecule has 0 bridgehead atoms. The summed E-state index contributed by atoms with van der Waals surface area (Å²) >= 11 is 5.91. The van der Waals surface area contributed by atoms with Gasteiger partial charge in [-0.1, -0.05) is 11.6 Å². The van der Waals surface area contributed by atoms with Gasteiger partial charge in [0.25, 0.3) is 0 Å². The maximum absolute atomic E-state index is 5.91. The molecule has 0 saturated carbocycles. The van der Waals surface area contributed by atoms with Crippen LogP contribution in [0.4, 0.5) is 11.8 Å². The van der Waals surface area contributed by atoms with E-state index in [4.69, 9.17) is 23.1 Å². The third-order valence-electron chi connectivity index (χ3n) is 2.42. The number of hydrogen-bond donors (Lipinski definition) is 4. The number of nitrogens with two attached hydrogens (primary N) is 2. The average molecular weight is 309 g/mol. The molecule has 0 amide bonds. The van der Waals surface area contributed by atoms with Gasteiger partial charge in [0.1, 0.15) is 16.4 Å². The lowest BCUT2D eigenvalue weighted by Crippen LogP contribution is -2.13. The van der Waals surface area contributed by atoms with E-state index in [1.165, 1.54) is 6.20 Å². The second-order valence-corrected chi connectivity index (χ2v) is 5.72. The Morgan fingerprint density at radius 1 is 1.38 bits per heavy atom. The summed E-state index contributed by atoms with van der Waals surface area (Å²) in [5.74, 6) is 0.491. The Morgan fingerprint density at radius 2 is 2.10 bits per heavy atom. The molecule has 9 heteroatoms. The molecule has 2 aromatic heterocycles. The number of aliphatic imine (C=N–C) groups is 1. The van der Waals surface area contributed by atoms with Crippen LogP contribution in [0.1, 0.15) is 20.8 Å². The van der Waals surface area contributed by atoms with Crippen molar-refractivity contribution in [1.29, 1.82) is 0 Å². The predicted octanol–water partition coefficient (Wildman–Crippen LogP) is 1.67. The Labute approximate surface area is 126 Å². The van der Waals surface area contributed by atoms with Crippen molar-refractivity contribution in [1.82, 2.24) is 20.2 Å². The minimum atomic E-state index is -0.213. The summed E-state index contributed by atoms with van der Waals surface area (Å²) in [6, 6.07) is 0. The van der Waals surface area contributed by atoms with Crippen molar-refractivity contribution in [3.63, 3.8) is 0 Å². The van der Waals surface area contributed by atoms with Crippen molar-refractivity contribution >= 4 is 40.6 Å². The SMILES string of the molecule is CC(C)(C)N=CC(=CN)Nc1nc(N)c2c(Cl)[nH]nc2n1. The van der Waals surface area contributed by atoms with Crippen LogP contribution in [0, 0.1) is 0 Å². The minimum absolute atomic E-state index is 0.213. The molecule has 2 aromatic rings. The van der Waals surface area contributed by atoms with E-state index in [1.54, 1.807) is 6.21 Å². The quantitative estimate of drug-likeness (QED) is 0.638. The van der Waals surface area contributed by atoms with Gasteiger partial charge < -0.3 is 16.8 Å². The van der Waals surface area contributed by atoms with E-state index in [1.807, 2.05) is 20.8 Å². The summed E-state index contributed by atoms with van der Waals surface area (Å²) in [5, 5.41) is 10.3. The number of aromatic nitrogens is 4. The smallest absolute Gasteiger partial charge is 0.231 e. The van der Waals surface area contributed by atoms with Gasteiger partial charge in [0, 0.05) is 12.4 Å². The highest BCUT2D eigenvalue weighted by atomic mass is 35.5. The van der Waals surface area contributed by atoms with E-state index in [0.29, 0.717) is 21.9 Å². The molecule has 0 aliphatic heterocycles. The van der Waals surface area contributed by atoms with Crippen molar-refractivity contribution in [3.05, 3.63) is 17.1 Å². The number of H-pyrrole nitrogens is 1. The molecule has 21 heavy (non-hydrogen) atoms. The summed E-state index contributed by atoms with van der Waals surface area (Å²) in [4.78, 5) is 12.7. The number of anilines is 2. The van der Waals surface area contributed by atoms with E-state index >= 15 is 0 Å². The monoisotopic (exact) mass is 308 g/mol. The van der Waals surface area contributed by atoms with Crippen LogP contribution >= 0.6 is 11.6 Å². The highest BCUT2D eigenvalue weighted by Crippen LogP contribution is 2.24. The van der Waals surface area contributed by atoms with E-state index in [9.17, 15) is 0 Å². The molecule has 0 radical (unpaired) electrons. The van der Waals surface area contributed by atoms with Gasteiger partial charge in [-0.15, -0.1) is 0 Å². The summed E-state index contributed by atoms with van der Waals surface area (Å²) in [6.07, 6.45) is 2.98. The first-order valence-corrected chi connectivity index (χ1v) is 6.59. The third-order valence-corrected chi connectivity index (χ3v) is 2.70. The number of nitrogens with zero attached hydrogens (tertiary/aromatic N) is 4. The molecule has 0 aliphatic rings. The molecule has 0 aromatic carbocycles. The molecule has 8 nitrogen and oxygen atoms in total. The molecule has 0 aliphatic carbocycles. The first kappa shape index (κ1) is 15.0. The summed E-state index contributed by atoms with van der Waals surface area (Å²) in [6.45, 7) is 5.93. The average Bonchev–Trinajstić information content (AvgIpc) is 2.75. The Kier molecular flexibility index (Phi) is 3.99. The molecule has 2 heterocycles. The van der Waals surface area contributed by atoms with E-state index < -0.39 is 0 Å². The van der Waals surface area contributed by atoms with Crippen LogP contribution < -0.4 is 16.8 Å². The zero-order valence-electron chi connectivity index (χ0n) is 12.0. The molecule has 0 spiro atoms. The van der Waals surface area contributed by atoms with Crippen LogP contribution in [0.15, 0.2) is 16.9 Å². The molecular formula is C12H17ClN8. The van der Waals surface area contributed by atoms with Crippen LogP contribution in [-0.2, 0) is 0 Å². The van der Waals surface area contributed by atoms with Crippen LogP contribution in [0.2, 0.25) is 5.15 Å². The summed E-state index contributed by atoms with van der Waals surface area (Å²) in [5.41, 5.74) is 12.1. The van der Waals surface area contributed by atoms with Crippen LogP contribution in [0.3, 0.4) is 0 Å². The fraction of sp³-hybridized carbons (Fsp3) is 0.333. The zero-order chi connectivity index (χ0) is 15.6. The molecule has 6 N–H and O–H groups in total. The van der Waals surface area contributed by atoms with E-state index in [-0.39, 0.29) is 17.3 Å². The van der Waals surface area contributed by atoms with Gasteiger partial charge in [0.05, 0.1) is 11.2 Å². The Hall–Kier alpha value is -2.35. The van der Waals surface area contributed by atoms with Gasteiger partial charge in [0.2, 0.25) is 5.95 Å². The molecule has 0 atom stereocenters. The lowest BCUT2D eigenvalue weighted by atomic mass is 10.1. The minimum Gasteiger partial charge on any atom is -0.403 e. The Morgan fingerprint density at radius 3 is 2.71 bits per heavy atom. The lowest BCUT2D eigenvalue weighted by Gasteiger charge is -2.12. The molecular weight excluding hydrogens is 292 g/mol. The van der Waals surface area contributed by atoms with Crippen LogP contribution in [0.5, 0.6) is 0 Å². The van der Waals surface area contributed by atoms with Crippen molar-refractivity contribution in [2.75, 3.05) is 11.1 Å². The number of aromatic amines is 1. The largest absolute Gasteiger partial charge is 0.403 e. The van der Waals surface area contributed by atoms with Gasteiger partial charge >= 0.3 is 0 Å². The lowest BCUT2D eigenvalue weighted by molar-refractivity contribution is 0.586. The number of allylic oxidation sites excluding steroid dienone is 1. The number of halogens is 1. The maximum Gasteiger partial charge on any atom is 0.231 e. The Bertz CT molecular complexity index is 710. The normalized spacial score (nSPS) is 13.2. The maximum atomic E-state index is 5.91. The first-order chi connectivity index (χ1) is 9.80. The number of nitrogens with one attached hydrogen (secondary N) is 2. The highest BCUT2D eigenvalue weighted by Gasteiger charge is 2.12. The van der Waals surface area contributed by atoms with E-state index in [2.05, 4.69) is 30.5 Å². The van der Waals surface area contributed by atoms with E-state index in [0.717, 1.165) is 0 Å². The molecule has 112 valence electrons. The second-order valence-electron chi connectivity index (χ2n) is 5.34. The van der Waals surface area contributed by atoms with Gasteiger partial charge in [-0.2, -0.15) is 15.1 Å². The Balaban J connectivity index is 2.28. The van der Waals surface area contributed by atoms with Gasteiger partial charge in [-0.3, -0.25) is 10.1 Å². The fourth-order valence-electron chi connectivity index (χ4n) is 1.48. The van der Waals surface area contributed by atoms with Crippen molar-refractivity contribution < 1.29 is 0 Å². The topological polar surface area (TPSA) is 131 Å². The van der Waals surface area contributed by atoms with Gasteiger partial charge in [0.15, 0.2) is 5.65 Å². The van der Waals surface area contributed by atoms with Gasteiger partial charge in [-0.25, -0.2) is 0 Å². The number of nitrogen functional groups attached to an aromatic ring is 1. The standard InChI is InChI=1S/C12H17ClN8/c1-12(2,3)16-5-6(4-14)17-11-18-9(15)7-8(13)20-21-10(7)19-11/h4-5H,14H2,1-3H3,(H4,15,17,18,19,20,21). The van der Waals surface area contributed by atoms with Gasteiger partial charge in [-0.05, 0) is 20.8 Å². The number of hydrogen-bond acceptors (Lipinski definition) is 7. The highest BCUT2D eigenvalue weighted by molar-refractivity contribution is 6.35. The predicted molar refractivity (Wildman–Crippen MR) is 85.2 cm³/mol. The molecule has 0 fully saturated rings. The van der Waals surface area contributed by atoms with Crippen LogP contribution in [0.25, 0.3) is 11.0 Å². The number of rotatable bonds is 3. The second kappa shape index (κ2) is 5.57. The van der Waals surface area contributed by atoms with Crippen LogP contribution in [-0.4, -0.2) is 31.9 Å². The summed E-state index contributed by atoms with van der Waals surface area (Å²) in [7, 11) is 0. The van der Waals surface area contributed by atoms with Crippen molar-refractivity contribution in [2.45, 2.75) is 26.3 Å². The third kappa shape index (κ3) is 3.60. The molecule has 2 rings (SSSR count). The molecule has 0 saturated heterocycles. The van der Waals surface area contributed by atoms with Crippen molar-refractivity contribution in [3.8, 4) is 0 Å². The first-order valence-electron chi connectivity index (χ1n) is 6.21.